The summed E-state index contributed by atoms with van der Waals surface area (Å²) >= 11 is 7.50. The Morgan fingerprint density at radius 2 is 2.38 bits per heavy atom. The lowest BCUT2D eigenvalue weighted by Crippen LogP contribution is -2.41. The van der Waals surface area contributed by atoms with Crippen molar-refractivity contribution in [2.24, 2.45) is 4.99 Å². The minimum atomic E-state index is -0.352. The molecule has 1 fully saturated rings. The number of hydrogen-bond donors (Lipinski definition) is 3. The smallest absolute Gasteiger partial charge is 0.222 e. The molecule has 10 heteroatoms. The van der Waals surface area contributed by atoms with Crippen LogP contribution in [0.2, 0.25) is 5.02 Å². The van der Waals surface area contributed by atoms with Crippen LogP contribution >= 0.6 is 23.5 Å². The second kappa shape index (κ2) is 8.62. The van der Waals surface area contributed by atoms with E-state index in [4.69, 9.17) is 11.6 Å². The molecule has 2 aliphatic heterocycles. The number of amides is 1. The molecular weight excluding hydrogens is 415 g/mol. The van der Waals surface area contributed by atoms with Crippen molar-refractivity contribution in [1.82, 2.24) is 24.9 Å². The molecule has 7 nitrogen and oxygen atoms in total. The fraction of sp³-hybridized carbons (Fsp3) is 0.421. The molecular formula is C19H22ClFN6OS. The number of nitrogens with one attached hydrogen (secondary N) is 3. The van der Waals surface area contributed by atoms with Crippen LogP contribution in [0.15, 0.2) is 35.1 Å². The lowest BCUT2D eigenvalue weighted by molar-refractivity contribution is -0.131. The number of aromatic amines is 1. The Bertz CT molecular complexity index is 990. The van der Waals surface area contributed by atoms with E-state index in [1.54, 1.807) is 18.5 Å². The molecule has 0 aromatic carbocycles. The Morgan fingerprint density at radius 1 is 1.52 bits per heavy atom. The number of hydrogen-bond acceptors (Lipinski definition) is 6. The molecule has 2 aromatic heterocycles. The highest BCUT2D eigenvalue weighted by molar-refractivity contribution is 7.98. The zero-order valence-electron chi connectivity index (χ0n) is 16.0. The van der Waals surface area contributed by atoms with Gasteiger partial charge in [-0.3, -0.25) is 4.79 Å². The van der Waals surface area contributed by atoms with E-state index in [2.05, 4.69) is 25.0 Å². The number of likely N-dealkylation sites (tertiary alicyclic amines) is 1. The summed E-state index contributed by atoms with van der Waals surface area (Å²) in [5.74, 6) is 0.562. The number of rotatable bonds is 5. The van der Waals surface area contributed by atoms with Crippen LogP contribution in [0.3, 0.4) is 0 Å². The zero-order valence-corrected chi connectivity index (χ0v) is 17.5. The van der Waals surface area contributed by atoms with Crippen LogP contribution in [-0.4, -0.2) is 51.5 Å². The summed E-state index contributed by atoms with van der Waals surface area (Å²) in [5.41, 5.74) is 1.47. The molecule has 0 unspecified atom stereocenters. The zero-order chi connectivity index (χ0) is 20.4. The second-order valence-electron chi connectivity index (χ2n) is 7.00. The summed E-state index contributed by atoms with van der Waals surface area (Å²) in [6.45, 7) is 3.38. The molecule has 29 heavy (non-hydrogen) atoms. The minimum Gasteiger partial charge on any atom is -0.363 e. The fourth-order valence-corrected chi connectivity index (χ4v) is 4.62. The van der Waals surface area contributed by atoms with Crippen LogP contribution in [-0.2, 0) is 4.79 Å². The number of aliphatic imine (C=N–C) groups is 1. The highest BCUT2D eigenvalue weighted by Crippen LogP contribution is 2.25. The van der Waals surface area contributed by atoms with Gasteiger partial charge in [-0.2, -0.15) is 0 Å². The normalized spacial score (nSPS) is 19.9. The van der Waals surface area contributed by atoms with Crippen molar-refractivity contribution in [3.8, 4) is 0 Å². The molecule has 0 saturated carbocycles. The van der Waals surface area contributed by atoms with Gasteiger partial charge in [0.1, 0.15) is 11.5 Å². The number of nitrogens with zero attached hydrogens (tertiary/aromatic N) is 3. The lowest BCUT2D eigenvalue weighted by atomic mass is 10.1. The van der Waals surface area contributed by atoms with Crippen molar-refractivity contribution in [2.45, 2.75) is 31.4 Å². The predicted molar refractivity (Wildman–Crippen MR) is 114 cm³/mol. The van der Waals surface area contributed by atoms with E-state index in [-0.39, 0.29) is 29.3 Å². The number of H-pyrrole nitrogens is 1. The molecule has 0 aliphatic carbocycles. The Kier molecular flexibility index (Phi) is 5.96. The topological polar surface area (TPSA) is 85.4 Å². The van der Waals surface area contributed by atoms with Crippen molar-refractivity contribution >= 4 is 46.3 Å². The first kappa shape index (κ1) is 20.0. The number of carbonyl (C=O) groups is 1. The quantitative estimate of drug-likeness (QED) is 0.626. The van der Waals surface area contributed by atoms with Gasteiger partial charge in [0.2, 0.25) is 5.91 Å². The summed E-state index contributed by atoms with van der Waals surface area (Å²) in [6.07, 6.45) is 5.78. The SMILES string of the molecule is CCC(=O)N1CCC[C@@H](SNC2=C(F)CNC(c3c[nH]c4ncc(Cl)cc34)=N2)C1. The van der Waals surface area contributed by atoms with Crippen molar-refractivity contribution in [2.75, 3.05) is 19.6 Å². The van der Waals surface area contributed by atoms with Crippen LogP contribution < -0.4 is 10.0 Å². The number of carbonyl (C=O) groups excluding carboxylic acids is 1. The van der Waals surface area contributed by atoms with Gasteiger partial charge in [0.15, 0.2) is 11.6 Å². The first-order chi connectivity index (χ1) is 14.0. The van der Waals surface area contributed by atoms with Gasteiger partial charge >= 0.3 is 0 Å². The summed E-state index contributed by atoms with van der Waals surface area (Å²) in [7, 11) is 0. The summed E-state index contributed by atoms with van der Waals surface area (Å²) in [4.78, 5) is 25.6. The summed E-state index contributed by atoms with van der Waals surface area (Å²) in [5, 5.41) is 4.54. The molecule has 0 radical (unpaired) electrons. The fourth-order valence-electron chi connectivity index (χ4n) is 3.49. The monoisotopic (exact) mass is 436 g/mol. The maximum Gasteiger partial charge on any atom is 0.222 e. The van der Waals surface area contributed by atoms with E-state index in [0.717, 1.165) is 30.3 Å². The van der Waals surface area contributed by atoms with Crippen molar-refractivity contribution in [3.05, 3.63) is 40.7 Å². The first-order valence-corrected chi connectivity index (χ1v) is 10.8. The highest BCUT2D eigenvalue weighted by atomic mass is 35.5. The van der Waals surface area contributed by atoms with Gasteiger partial charge in [-0.1, -0.05) is 18.5 Å². The molecule has 2 aliphatic rings. The molecule has 4 rings (SSSR count). The lowest BCUT2D eigenvalue weighted by Gasteiger charge is -2.32. The van der Waals surface area contributed by atoms with Gasteiger partial charge in [-0.15, -0.1) is 0 Å². The van der Waals surface area contributed by atoms with E-state index >= 15 is 0 Å². The third-order valence-electron chi connectivity index (χ3n) is 5.00. The minimum absolute atomic E-state index is 0.0491. The standard InChI is InChI=1S/C19H22ClFN6OS/c1-2-16(28)27-5-3-4-12(10-27)29-26-19-15(21)9-24-18(25-19)14-8-23-17-13(14)6-11(20)7-22-17/h6-8,12,26H,2-5,9-10H2,1H3,(H,22,23)(H,24,25)/t12-/m1/s1. The molecule has 154 valence electrons. The predicted octanol–water partition coefficient (Wildman–Crippen LogP) is 3.34. The van der Waals surface area contributed by atoms with Crippen LogP contribution in [0, 0.1) is 0 Å². The van der Waals surface area contributed by atoms with E-state index < -0.39 is 0 Å². The number of amidine groups is 1. The van der Waals surface area contributed by atoms with Crippen LogP contribution in [0.25, 0.3) is 11.0 Å². The van der Waals surface area contributed by atoms with E-state index in [0.29, 0.717) is 29.5 Å². The van der Waals surface area contributed by atoms with Crippen molar-refractivity contribution < 1.29 is 9.18 Å². The Labute approximate surface area is 177 Å². The molecule has 0 bridgehead atoms. The molecule has 1 amide bonds. The van der Waals surface area contributed by atoms with Gasteiger partial charge in [0.05, 0.1) is 11.6 Å². The summed E-state index contributed by atoms with van der Waals surface area (Å²) < 4.78 is 17.5. The van der Waals surface area contributed by atoms with E-state index in [9.17, 15) is 9.18 Å². The van der Waals surface area contributed by atoms with Gasteiger partial charge in [-0.05, 0) is 30.9 Å². The van der Waals surface area contributed by atoms with Crippen molar-refractivity contribution in [1.29, 1.82) is 0 Å². The largest absolute Gasteiger partial charge is 0.363 e. The summed E-state index contributed by atoms with van der Waals surface area (Å²) in [6, 6.07) is 1.80. The van der Waals surface area contributed by atoms with Gasteiger partial charge in [0.25, 0.3) is 0 Å². The Morgan fingerprint density at radius 3 is 3.21 bits per heavy atom. The van der Waals surface area contributed by atoms with Gasteiger partial charge in [-0.25, -0.2) is 14.4 Å². The Balaban J connectivity index is 1.48. The van der Waals surface area contributed by atoms with E-state index in [1.807, 2.05) is 11.8 Å². The maximum absolute atomic E-state index is 14.4. The molecule has 4 heterocycles. The first-order valence-electron chi connectivity index (χ1n) is 9.58. The number of pyridine rings is 1. The van der Waals surface area contributed by atoms with Gasteiger partial charge in [0, 0.05) is 48.1 Å². The molecule has 2 aromatic rings. The number of piperidine rings is 1. The number of aromatic nitrogens is 2. The average molecular weight is 437 g/mol. The molecule has 0 spiro atoms. The highest BCUT2D eigenvalue weighted by Gasteiger charge is 2.25. The third-order valence-corrected chi connectivity index (χ3v) is 6.24. The number of fused-ring (bicyclic) bond motifs is 1. The van der Waals surface area contributed by atoms with Crippen LogP contribution in [0.1, 0.15) is 31.7 Å². The second-order valence-corrected chi connectivity index (χ2v) is 8.54. The third kappa shape index (κ3) is 4.35. The Hall–Kier alpha value is -2.26. The molecule has 3 N–H and O–H groups in total. The number of halogens is 2. The molecule has 1 saturated heterocycles. The van der Waals surface area contributed by atoms with E-state index in [1.165, 1.54) is 11.9 Å². The average Bonchev–Trinajstić information content (AvgIpc) is 3.16. The van der Waals surface area contributed by atoms with Crippen LogP contribution in [0.4, 0.5) is 4.39 Å². The molecule has 1 atom stereocenters. The van der Waals surface area contributed by atoms with Crippen molar-refractivity contribution in [3.63, 3.8) is 0 Å². The maximum atomic E-state index is 14.4. The van der Waals surface area contributed by atoms with Gasteiger partial charge < -0.3 is 19.9 Å². The van der Waals surface area contributed by atoms with Crippen LogP contribution in [0.5, 0.6) is 0 Å².